The number of hydrogen-bond acceptors (Lipinski definition) is 8. The SMILES string of the molecule is C=C(C)OCC[N+]1=C(C=CC=CC=C2N(CCOC(C)=O)c3ccccc3C2(C)C)C(C)(C)c2ccccc21.[O-][Cl+3]([O-])([O-])[O-]. The molecule has 0 aliphatic carbocycles. The molecule has 236 valence electrons. The van der Waals surface area contributed by atoms with Crippen LogP contribution in [0.4, 0.5) is 11.4 Å². The second kappa shape index (κ2) is 14.4. The number of nitrogens with zero attached hydrogens (tertiary/aromatic N) is 2. The predicted molar refractivity (Wildman–Crippen MR) is 160 cm³/mol. The van der Waals surface area contributed by atoms with Crippen LogP contribution >= 0.6 is 0 Å². The van der Waals surface area contributed by atoms with Crippen molar-refractivity contribution in [3.63, 3.8) is 0 Å². The van der Waals surface area contributed by atoms with Crippen molar-refractivity contribution in [1.29, 1.82) is 0 Å². The zero-order valence-electron chi connectivity index (χ0n) is 26.2. The van der Waals surface area contributed by atoms with Gasteiger partial charge < -0.3 is 14.4 Å². The van der Waals surface area contributed by atoms with Gasteiger partial charge in [-0.3, -0.25) is 4.79 Å². The lowest BCUT2D eigenvalue weighted by atomic mass is 9.81. The van der Waals surface area contributed by atoms with Crippen LogP contribution in [-0.4, -0.2) is 42.6 Å². The summed E-state index contributed by atoms with van der Waals surface area (Å²) in [6.45, 7) is 18.5. The van der Waals surface area contributed by atoms with Crippen molar-refractivity contribution in [1.82, 2.24) is 0 Å². The molecule has 2 aliphatic rings. The number of esters is 1. The quantitative estimate of drug-likeness (QED) is 0.170. The summed E-state index contributed by atoms with van der Waals surface area (Å²) in [5, 5.41) is 0. The maximum absolute atomic E-state index is 11.4. The summed E-state index contributed by atoms with van der Waals surface area (Å²) in [5.74, 6) is 0.473. The molecule has 2 aromatic rings. The Morgan fingerprint density at radius 3 is 2.14 bits per heavy atom. The van der Waals surface area contributed by atoms with Gasteiger partial charge in [-0.25, -0.2) is 18.6 Å². The third-order valence-corrected chi connectivity index (χ3v) is 7.61. The first kappa shape index (κ1) is 34.8. The Hall–Kier alpha value is -3.73. The molecule has 0 N–H and O–H groups in total. The van der Waals surface area contributed by atoms with Crippen LogP contribution in [-0.2, 0) is 25.1 Å². The molecule has 0 saturated heterocycles. The molecule has 4 rings (SSSR count). The first-order valence-electron chi connectivity index (χ1n) is 14.3. The van der Waals surface area contributed by atoms with Gasteiger partial charge in [-0.1, -0.05) is 75.1 Å². The van der Waals surface area contributed by atoms with E-state index in [1.165, 1.54) is 40.8 Å². The number of ether oxygens (including phenoxy) is 2. The Morgan fingerprint density at radius 2 is 1.50 bits per heavy atom. The van der Waals surface area contributed by atoms with Crippen LogP contribution in [0.25, 0.3) is 0 Å². The molecule has 0 atom stereocenters. The van der Waals surface area contributed by atoms with Crippen LogP contribution in [0.1, 0.15) is 52.7 Å². The zero-order chi connectivity index (χ0) is 32.7. The summed E-state index contributed by atoms with van der Waals surface area (Å²) in [4.78, 5) is 13.6. The van der Waals surface area contributed by atoms with Crippen LogP contribution in [0.15, 0.2) is 96.9 Å². The number of benzene rings is 2. The second-order valence-electron chi connectivity index (χ2n) is 11.5. The van der Waals surface area contributed by atoms with Crippen molar-refractivity contribution in [2.24, 2.45) is 0 Å². The Balaban J connectivity index is 0.000000978. The normalized spacial score (nSPS) is 17.5. The fourth-order valence-electron chi connectivity index (χ4n) is 5.71. The third-order valence-electron chi connectivity index (χ3n) is 7.61. The molecule has 0 amide bonds. The van der Waals surface area contributed by atoms with Crippen molar-refractivity contribution in [2.75, 3.05) is 31.2 Å². The van der Waals surface area contributed by atoms with Gasteiger partial charge in [0.2, 0.25) is 5.69 Å². The Kier molecular flexibility index (Phi) is 11.3. The summed E-state index contributed by atoms with van der Waals surface area (Å²) >= 11 is 0. The molecule has 0 spiro atoms. The van der Waals surface area contributed by atoms with E-state index in [4.69, 9.17) is 28.1 Å². The lowest BCUT2D eigenvalue weighted by molar-refractivity contribution is -2.00. The van der Waals surface area contributed by atoms with Crippen LogP contribution < -0.4 is 23.5 Å². The van der Waals surface area contributed by atoms with E-state index >= 15 is 0 Å². The molecule has 0 bridgehead atoms. The topological polar surface area (TPSA) is 134 Å². The number of carbonyl (C=O) groups excluding carboxylic acids is 1. The highest BCUT2D eigenvalue weighted by molar-refractivity contribution is 6.03. The minimum Gasteiger partial charge on any atom is -0.492 e. The first-order chi connectivity index (χ1) is 20.5. The number of allylic oxidation sites excluding steroid dienone is 7. The summed E-state index contributed by atoms with van der Waals surface area (Å²) in [6, 6.07) is 17.1. The number of halogens is 1. The lowest BCUT2D eigenvalue weighted by Gasteiger charge is -2.26. The van der Waals surface area contributed by atoms with Crippen molar-refractivity contribution in [3.05, 3.63) is 108 Å². The minimum absolute atomic E-state index is 0.120. The van der Waals surface area contributed by atoms with E-state index in [1.54, 1.807) is 0 Å². The van der Waals surface area contributed by atoms with Crippen molar-refractivity contribution in [3.8, 4) is 0 Å². The van der Waals surface area contributed by atoms with Gasteiger partial charge in [-0.2, -0.15) is 4.58 Å². The lowest BCUT2D eigenvalue weighted by Crippen LogP contribution is -2.68. The molecule has 44 heavy (non-hydrogen) atoms. The fourth-order valence-corrected chi connectivity index (χ4v) is 5.71. The second-order valence-corrected chi connectivity index (χ2v) is 12.3. The van der Waals surface area contributed by atoms with Gasteiger partial charge in [0.25, 0.3) is 0 Å². The Labute approximate surface area is 262 Å². The highest BCUT2D eigenvalue weighted by Gasteiger charge is 2.44. The minimum atomic E-state index is -4.94. The molecule has 9 nitrogen and oxygen atoms in total. The summed E-state index contributed by atoms with van der Waals surface area (Å²) in [6.07, 6.45) is 10.7. The van der Waals surface area contributed by atoms with E-state index in [9.17, 15) is 4.79 Å². The summed E-state index contributed by atoms with van der Waals surface area (Å²) < 4.78 is 47.3. The average Bonchev–Trinajstić information content (AvgIpc) is 3.26. The van der Waals surface area contributed by atoms with E-state index in [0.29, 0.717) is 19.8 Å². The molecule has 2 aromatic carbocycles. The molecule has 2 heterocycles. The first-order valence-corrected chi connectivity index (χ1v) is 15.5. The molecule has 10 heteroatoms. The third kappa shape index (κ3) is 8.68. The fraction of sp³-hybridized carbons (Fsp3) is 0.353. The average molecular weight is 625 g/mol. The summed E-state index contributed by atoms with van der Waals surface area (Å²) in [5.41, 5.74) is 7.13. The molecule has 2 aliphatic heterocycles. The molecular formula is C34H41ClN2O7. The van der Waals surface area contributed by atoms with E-state index in [1.807, 2.05) is 6.92 Å². The van der Waals surface area contributed by atoms with Gasteiger partial charge in [0.15, 0.2) is 12.3 Å². The van der Waals surface area contributed by atoms with Crippen LogP contribution in [0.5, 0.6) is 0 Å². The standard InChI is InChI=1S/C34H41N2O3.ClHO4/c1-25(2)38-23-21-35-29-17-13-11-15-27(29)33(4,5)31(35)19-9-8-10-20-32-34(6,7)28-16-12-14-18-30(28)36(32)22-24-39-26(3)37;2-1(3,4)5/h8-20H,1,21-24H2,2-7H3;(H,2,3,4,5)/q+1;/p-1. The highest BCUT2D eigenvalue weighted by atomic mass is 35.7. The van der Waals surface area contributed by atoms with Crippen LogP contribution in [0.3, 0.4) is 0 Å². The molecule has 0 unspecified atom stereocenters. The molecule has 0 aromatic heterocycles. The van der Waals surface area contributed by atoms with Crippen LogP contribution in [0, 0.1) is 10.2 Å². The molecule has 0 radical (unpaired) electrons. The van der Waals surface area contributed by atoms with E-state index in [2.05, 4.69) is 123 Å². The highest BCUT2D eigenvalue weighted by Crippen LogP contribution is 2.47. The smallest absolute Gasteiger partial charge is 0.302 e. The Morgan fingerprint density at radius 1 is 0.886 bits per heavy atom. The molecule has 0 fully saturated rings. The number of para-hydroxylation sites is 2. The number of anilines is 1. The van der Waals surface area contributed by atoms with Gasteiger partial charge in [-0.15, -0.1) is 10.2 Å². The maximum atomic E-state index is 11.4. The number of carbonyl (C=O) groups is 1. The van der Waals surface area contributed by atoms with Crippen molar-refractivity contribution >= 4 is 23.1 Å². The van der Waals surface area contributed by atoms with Gasteiger partial charge >= 0.3 is 5.97 Å². The summed E-state index contributed by atoms with van der Waals surface area (Å²) in [7, 11) is -4.94. The van der Waals surface area contributed by atoms with Crippen molar-refractivity contribution in [2.45, 2.75) is 52.4 Å². The largest absolute Gasteiger partial charge is 0.492 e. The maximum Gasteiger partial charge on any atom is 0.302 e. The van der Waals surface area contributed by atoms with Crippen LogP contribution in [0.2, 0.25) is 0 Å². The number of rotatable bonds is 10. The van der Waals surface area contributed by atoms with Gasteiger partial charge in [0.1, 0.15) is 13.2 Å². The van der Waals surface area contributed by atoms with Gasteiger partial charge in [-0.05, 0) is 38.5 Å². The number of hydrogen-bond donors (Lipinski definition) is 0. The predicted octanol–water partition coefficient (Wildman–Crippen LogP) is 2.21. The number of fused-ring (bicyclic) bond motifs is 2. The zero-order valence-corrected chi connectivity index (χ0v) is 26.9. The molecular weight excluding hydrogens is 584 g/mol. The van der Waals surface area contributed by atoms with E-state index < -0.39 is 10.2 Å². The van der Waals surface area contributed by atoms with Gasteiger partial charge in [0, 0.05) is 41.4 Å². The van der Waals surface area contributed by atoms with E-state index in [-0.39, 0.29) is 16.8 Å². The Bertz CT molecular complexity index is 1480. The molecule has 0 saturated carbocycles. The van der Waals surface area contributed by atoms with E-state index in [0.717, 1.165) is 12.3 Å². The van der Waals surface area contributed by atoms with Crippen molar-refractivity contribution < 1.29 is 47.7 Å². The monoisotopic (exact) mass is 624 g/mol. The van der Waals surface area contributed by atoms with Gasteiger partial charge in [0.05, 0.1) is 17.7 Å².